The summed E-state index contributed by atoms with van der Waals surface area (Å²) in [4.78, 5) is 12.3. The first-order chi connectivity index (χ1) is 13.0. The molecule has 0 heterocycles. The first-order valence-corrected chi connectivity index (χ1v) is 10.0. The number of nitrogens with one attached hydrogen (secondary N) is 3. The minimum Gasteiger partial charge on any atom is -0.321 e. The van der Waals surface area contributed by atoms with Crippen LogP contribution in [0.4, 0.5) is 13.2 Å². The number of hydrogen-bond donors (Lipinski definition) is 3. The zero-order valence-electron chi connectivity index (χ0n) is 15.1. The average Bonchev–Trinajstić information content (AvgIpc) is 2.61. The molecule has 2 rings (SSSR count). The third-order valence-electron chi connectivity index (χ3n) is 4.64. The van der Waals surface area contributed by atoms with Crippen LogP contribution in [0.1, 0.15) is 48.5 Å². The highest BCUT2D eigenvalue weighted by Gasteiger charge is 2.34. The van der Waals surface area contributed by atoms with E-state index in [0.29, 0.717) is 37.8 Å². The molecule has 0 spiro atoms. The predicted molar refractivity (Wildman–Crippen MR) is 97.2 cm³/mol. The molecule has 1 saturated carbocycles. The van der Waals surface area contributed by atoms with Gasteiger partial charge in [-0.2, -0.15) is 13.2 Å². The van der Waals surface area contributed by atoms with Gasteiger partial charge in [-0.3, -0.25) is 15.6 Å². The Morgan fingerprint density at radius 2 is 1.86 bits per heavy atom. The number of sulfonamides is 1. The van der Waals surface area contributed by atoms with Gasteiger partial charge in [0.15, 0.2) is 5.78 Å². The molecule has 7 nitrogen and oxygen atoms in total. The van der Waals surface area contributed by atoms with Crippen LogP contribution < -0.4 is 4.72 Å². The van der Waals surface area contributed by atoms with Crippen LogP contribution >= 0.6 is 0 Å². The molecule has 11 heteroatoms. The van der Waals surface area contributed by atoms with E-state index in [1.165, 1.54) is 4.90 Å². The number of benzene rings is 1. The quantitative estimate of drug-likeness (QED) is 0.359. The minimum absolute atomic E-state index is 0.245. The van der Waals surface area contributed by atoms with Gasteiger partial charge in [0.2, 0.25) is 10.0 Å². The molecule has 0 radical (unpaired) electrons. The standard InChI is InChI=1S/C17H21F3N4O3S/c1-11(25)12-5-13(17(18,19)20)7-16(6-12)28(26,27)23-14-3-2-4-15(8-14)24(9-21)10-22/h5-7,9-10,14-15,21-23H,2-4,8H2,1H3/t14-,15+/m0/s1. The lowest BCUT2D eigenvalue weighted by molar-refractivity contribution is -0.137. The Balaban J connectivity index is 2.31. The van der Waals surface area contributed by atoms with Crippen LogP contribution in [0.25, 0.3) is 0 Å². The maximum atomic E-state index is 13.1. The molecular weight excluding hydrogens is 397 g/mol. The maximum absolute atomic E-state index is 13.1. The van der Waals surface area contributed by atoms with E-state index in [4.69, 9.17) is 10.8 Å². The second-order valence-corrected chi connectivity index (χ2v) is 8.36. The molecule has 0 saturated heterocycles. The number of alkyl halides is 3. The van der Waals surface area contributed by atoms with Crippen molar-refractivity contribution in [3.05, 3.63) is 29.3 Å². The highest BCUT2D eigenvalue weighted by atomic mass is 32.2. The second kappa shape index (κ2) is 8.39. The number of carbonyl (C=O) groups is 1. The van der Waals surface area contributed by atoms with Crippen molar-refractivity contribution in [2.45, 2.75) is 55.8 Å². The Labute approximate surface area is 161 Å². The number of rotatable bonds is 7. The monoisotopic (exact) mass is 418 g/mol. The normalized spacial score (nSPS) is 20.4. The van der Waals surface area contributed by atoms with Crippen LogP contribution in [0.15, 0.2) is 23.1 Å². The Morgan fingerprint density at radius 1 is 1.21 bits per heavy atom. The van der Waals surface area contributed by atoms with E-state index in [1.807, 2.05) is 0 Å². The van der Waals surface area contributed by atoms with Crippen molar-refractivity contribution in [3.63, 3.8) is 0 Å². The van der Waals surface area contributed by atoms with E-state index in [-0.39, 0.29) is 11.6 Å². The lowest BCUT2D eigenvalue weighted by Crippen LogP contribution is -2.45. The predicted octanol–water partition coefficient (Wildman–Crippen LogP) is 3.01. The molecule has 0 aliphatic heterocycles. The fourth-order valence-electron chi connectivity index (χ4n) is 3.20. The van der Waals surface area contributed by atoms with Gasteiger partial charge in [0.25, 0.3) is 0 Å². The summed E-state index contributed by atoms with van der Waals surface area (Å²) in [5.41, 5.74) is -1.55. The molecule has 1 aromatic rings. The van der Waals surface area contributed by atoms with E-state index in [1.54, 1.807) is 0 Å². The number of hydrogen-bond acceptors (Lipinski definition) is 5. The van der Waals surface area contributed by atoms with Crippen LogP contribution in [-0.2, 0) is 16.2 Å². The van der Waals surface area contributed by atoms with Gasteiger partial charge in [-0.15, -0.1) is 0 Å². The topological polar surface area (TPSA) is 114 Å². The fraction of sp³-hybridized carbons (Fsp3) is 0.471. The molecule has 0 amide bonds. The van der Waals surface area contributed by atoms with Gasteiger partial charge in [0, 0.05) is 17.6 Å². The van der Waals surface area contributed by atoms with Crippen molar-refractivity contribution < 1.29 is 26.4 Å². The third-order valence-corrected chi connectivity index (χ3v) is 6.14. The molecule has 154 valence electrons. The molecule has 1 aromatic carbocycles. The van der Waals surface area contributed by atoms with Crippen LogP contribution in [-0.4, -0.2) is 43.9 Å². The highest BCUT2D eigenvalue weighted by molar-refractivity contribution is 7.89. The zero-order chi connectivity index (χ0) is 21.1. The van der Waals surface area contributed by atoms with Gasteiger partial charge in [0.05, 0.1) is 23.1 Å². The molecular formula is C17H21F3N4O3S. The number of nitrogens with zero attached hydrogens (tertiary/aromatic N) is 1. The van der Waals surface area contributed by atoms with Crippen molar-refractivity contribution in [1.29, 1.82) is 10.8 Å². The Hall–Kier alpha value is -2.27. The molecule has 1 aliphatic rings. The van der Waals surface area contributed by atoms with Crippen LogP contribution in [0, 0.1) is 10.8 Å². The molecule has 0 aromatic heterocycles. The largest absolute Gasteiger partial charge is 0.416 e. The van der Waals surface area contributed by atoms with E-state index >= 15 is 0 Å². The van der Waals surface area contributed by atoms with Crippen LogP contribution in [0.5, 0.6) is 0 Å². The first-order valence-electron chi connectivity index (χ1n) is 8.52. The van der Waals surface area contributed by atoms with Crippen LogP contribution in [0.3, 0.4) is 0 Å². The summed E-state index contributed by atoms with van der Waals surface area (Å²) < 4.78 is 67.1. The maximum Gasteiger partial charge on any atom is 0.416 e. The van der Waals surface area contributed by atoms with E-state index in [2.05, 4.69) is 4.72 Å². The lowest BCUT2D eigenvalue weighted by Gasteiger charge is -2.34. The Kier molecular flexibility index (Phi) is 6.60. The number of halogens is 3. The van der Waals surface area contributed by atoms with Gasteiger partial charge < -0.3 is 4.90 Å². The smallest absolute Gasteiger partial charge is 0.321 e. The van der Waals surface area contributed by atoms with Gasteiger partial charge in [-0.25, -0.2) is 13.1 Å². The summed E-state index contributed by atoms with van der Waals surface area (Å²) in [6, 6.07) is 1.27. The number of ketones is 1. The SMILES string of the molecule is CC(=O)c1cc(C(F)(F)F)cc(S(=O)(=O)N[C@H]2CCC[C@@H](N(C=N)C=N)C2)c1. The van der Waals surface area contributed by atoms with Crippen molar-refractivity contribution in [2.75, 3.05) is 0 Å². The van der Waals surface area contributed by atoms with E-state index in [0.717, 1.165) is 25.7 Å². The molecule has 0 unspecified atom stereocenters. The van der Waals surface area contributed by atoms with Crippen molar-refractivity contribution in [1.82, 2.24) is 9.62 Å². The van der Waals surface area contributed by atoms with E-state index < -0.39 is 38.5 Å². The summed E-state index contributed by atoms with van der Waals surface area (Å²) in [6.45, 7) is 1.06. The number of carbonyl (C=O) groups excluding carboxylic acids is 1. The van der Waals surface area contributed by atoms with Gasteiger partial charge >= 0.3 is 6.18 Å². The minimum atomic E-state index is -4.79. The highest BCUT2D eigenvalue weighted by Crippen LogP contribution is 2.32. The molecule has 0 bridgehead atoms. The molecule has 2 atom stereocenters. The van der Waals surface area contributed by atoms with Gasteiger partial charge in [-0.1, -0.05) is 0 Å². The summed E-state index contributed by atoms with van der Waals surface area (Å²) >= 11 is 0. The molecule has 1 fully saturated rings. The number of Topliss-reactive ketones (excluding diaryl/α,β-unsaturated/α-hetero) is 1. The molecule has 28 heavy (non-hydrogen) atoms. The summed E-state index contributed by atoms with van der Waals surface area (Å²) in [5, 5.41) is 14.6. The lowest BCUT2D eigenvalue weighted by atomic mass is 9.91. The fourth-order valence-corrected chi connectivity index (χ4v) is 4.55. The summed E-state index contributed by atoms with van der Waals surface area (Å²) in [7, 11) is -4.30. The van der Waals surface area contributed by atoms with Crippen molar-refractivity contribution in [3.8, 4) is 0 Å². The third kappa shape index (κ3) is 5.16. The van der Waals surface area contributed by atoms with Gasteiger partial charge in [-0.05, 0) is 50.8 Å². The second-order valence-electron chi connectivity index (χ2n) is 6.64. The molecule has 3 N–H and O–H groups in total. The first kappa shape index (κ1) is 22.0. The van der Waals surface area contributed by atoms with Crippen molar-refractivity contribution in [2.24, 2.45) is 0 Å². The van der Waals surface area contributed by atoms with E-state index in [9.17, 15) is 26.4 Å². The Bertz CT molecular complexity index is 863. The van der Waals surface area contributed by atoms with Crippen LogP contribution in [0.2, 0.25) is 0 Å². The van der Waals surface area contributed by atoms with Crippen molar-refractivity contribution >= 4 is 28.5 Å². The average molecular weight is 418 g/mol. The summed E-state index contributed by atoms with van der Waals surface area (Å²) in [5.74, 6) is -0.673. The molecule has 1 aliphatic carbocycles. The zero-order valence-corrected chi connectivity index (χ0v) is 15.9. The summed E-state index contributed by atoms with van der Waals surface area (Å²) in [6.07, 6.45) is -0.750. The van der Waals surface area contributed by atoms with Gasteiger partial charge in [0.1, 0.15) is 0 Å². The Morgan fingerprint density at radius 3 is 2.39 bits per heavy atom.